The van der Waals surface area contributed by atoms with Crippen LogP contribution < -0.4 is 31.4 Å². The minimum absolute atomic E-state index is 0.0540. The zero-order chi connectivity index (χ0) is 104. The number of aromatic hydroxyl groups is 3. The van der Waals surface area contributed by atoms with Crippen molar-refractivity contribution >= 4 is 184 Å². The molecule has 3 N–H and O–H groups in total. The van der Waals surface area contributed by atoms with Crippen molar-refractivity contribution in [3.8, 4) is 86.3 Å². The molecule has 3 aliphatic rings. The first-order valence-corrected chi connectivity index (χ1v) is 47.5. The van der Waals surface area contributed by atoms with Crippen LogP contribution in [0.3, 0.4) is 0 Å². The maximum absolute atomic E-state index is 15.6. The molecule has 12 aromatic rings. The first-order valence-electron chi connectivity index (χ1n) is 43.7. The van der Waals surface area contributed by atoms with Crippen molar-refractivity contribution in [1.82, 2.24) is 58.3 Å². The number of phenols is 3. The van der Waals surface area contributed by atoms with Crippen molar-refractivity contribution in [2.75, 3.05) is 54.0 Å². The largest absolute Gasteiger partial charge is 0.506 e. The third kappa shape index (κ3) is 18.5. The Balaban J connectivity index is 0.000000178. The van der Waals surface area contributed by atoms with E-state index in [2.05, 4.69) is 62.9 Å². The van der Waals surface area contributed by atoms with Gasteiger partial charge in [-0.15, -0.1) is 0 Å². The lowest BCUT2D eigenvalue weighted by Gasteiger charge is -2.45. The van der Waals surface area contributed by atoms with Gasteiger partial charge >= 0.3 is 0 Å². The maximum Gasteiger partial charge on any atom is 0.276 e. The number of fused-ring (bicyclic) bond motifs is 3. The van der Waals surface area contributed by atoms with E-state index in [1.54, 1.807) is 72.3 Å². The molecule has 141 heavy (non-hydrogen) atoms. The molecule has 732 valence electrons. The average Bonchev–Trinajstić information content (AvgIpc) is 0.725. The summed E-state index contributed by atoms with van der Waals surface area (Å²) in [5.41, 5.74) is -0.00128. The minimum atomic E-state index is -1.37. The number of hydrogen-bond donors (Lipinski definition) is 3. The van der Waals surface area contributed by atoms with Crippen molar-refractivity contribution in [2.24, 2.45) is 0 Å². The topological polar surface area (TPSA) is 346 Å². The molecular formula is C99H87Cl10F5N18O9. The lowest BCUT2D eigenvalue weighted by Crippen LogP contribution is -2.58. The highest BCUT2D eigenvalue weighted by Crippen LogP contribution is 2.53. The molecule has 15 rings (SSSR count). The molecule has 3 saturated heterocycles. The summed E-state index contributed by atoms with van der Waals surface area (Å²) in [4.78, 5) is 120. The second-order valence-corrected chi connectivity index (χ2v) is 39.0. The molecule has 3 fully saturated rings. The summed E-state index contributed by atoms with van der Waals surface area (Å²) in [6.07, 6.45) is 8.53. The van der Waals surface area contributed by atoms with Crippen LogP contribution >= 0.6 is 116 Å². The molecular weight excluding hydrogens is 2030 g/mol. The third-order valence-corrected chi connectivity index (χ3v) is 28.2. The molecule has 3 aromatic carbocycles. The summed E-state index contributed by atoms with van der Waals surface area (Å²) in [6.45, 7) is 40.1. The van der Waals surface area contributed by atoms with Gasteiger partial charge in [-0.25, -0.2) is 36.9 Å². The summed E-state index contributed by atoms with van der Waals surface area (Å²) in [7, 11) is 0. The number of nitrogens with zero attached hydrogens (tertiary/aromatic N) is 18. The molecule has 12 heterocycles. The lowest BCUT2D eigenvalue weighted by atomic mass is 10.0. The Kier molecular flexibility index (Phi) is 31.3. The average molecular weight is 2120 g/mol. The van der Waals surface area contributed by atoms with E-state index >= 15 is 8.78 Å². The van der Waals surface area contributed by atoms with E-state index in [4.69, 9.17) is 121 Å². The van der Waals surface area contributed by atoms with Gasteiger partial charge in [0.2, 0.25) is 17.7 Å². The Hall–Kier alpha value is -12.4. The zero-order valence-corrected chi connectivity index (χ0v) is 85.6. The van der Waals surface area contributed by atoms with Gasteiger partial charge in [-0.2, -0.15) is 15.8 Å². The number of anilines is 3. The predicted molar refractivity (Wildman–Crippen MR) is 542 cm³/mol. The summed E-state index contributed by atoms with van der Waals surface area (Å²) in [5, 5.41) is 58.2. The first kappa shape index (κ1) is 106. The van der Waals surface area contributed by atoms with Gasteiger partial charge in [-0.1, -0.05) is 177 Å². The SMILES string of the molecule is C=CC(=O)N1[C@H](C)CN(c2c(C#N)c(=O)n(-c3c(C)ccnc3C(C)C)c3nc(-c4c(F)c(O)c(Cl)c(F)c4Cl)c(Cl)cc23)C[C@@H]1C.C=CC(=O)N1[C@H](C)CN(c2c(C#N)c(=O)n(-c3c(C)ccnc3C(C)C)c3nc(-c4c(F)c(O)c(Cl)c(F)c4Cl)c(Cl)cc23)C[C@@H]1C.C=CC(=O)N1[C@H](C)CN(c2c(C#N)c(=O)n(-c3c(C)ccnc3C(C)C)c3nc(-c4c(O)c(Cl)c(F)c(Cl)c4Cl)c(Cl)cc23)C[C@@H]1C. The number of nitriles is 3. The van der Waals surface area contributed by atoms with E-state index < -0.39 is 109 Å². The number of aryl methyl sites for hydroxylation is 3. The molecule has 0 aliphatic carbocycles. The van der Waals surface area contributed by atoms with Crippen LogP contribution in [0.2, 0.25) is 50.2 Å². The number of pyridine rings is 9. The van der Waals surface area contributed by atoms with Gasteiger partial charge in [0.25, 0.3) is 16.7 Å². The van der Waals surface area contributed by atoms with Crippen LogP contribution in [0.25, 0.3) is 83.9 Å². The Morgan fingerprint density at radius 1 is 0.383 bits per heavy atom. The van der Waals surface area contributed by atoms with Crippen LogP contribution in [0.1, 0.15) is 151 Å². The van der Waals surface area contributed by atoms with Gasteiger partial charge in [0.15, 0.2) is 40.6 Å². The lowest BCUT2D eigenvalue weighted by molar-refractivity contribution is -0.131. The fraction of sp³-hybridized carbons (Fsp3) is 0.303. The third-order valence-electron chi connectivity index (χ3n) is 24.8. The van der Waals surface area contributed by atoms with Crippen molar-refractivity contribution in [2.45, 2.75) is 158 Å². The number of hydrogen-bond acceptors (Lipinski definition) is 21. The summed E-state index contributed by atoms with van der Waals surface area (Å²) in [5.74, 6) is -10.9. The highest BCUT2D eigenvalue weighted by molar-refractivity contribution is 6.47. The number of halogens is 15. The van der Waals surface area contributed by atoms with Crippen LogP contribution in [0.4, 0.5) is 39.0 Å². The smallest absolute Gasteiger partial charge is 0.276 e. The number of rotatable bonds is 15. The van der Waals surface area contributed by atoms with E-state index in [1.165, 1.54) is 50.1 Å². The van der Waals surface area contributed by atoms with Gasteiger partial charge < -0.3 is 44.7 Å². The van der Waals surface area contributed by atoms with E-state index in [-0.39, 0.29) is 210 Å². The van der Waals surface area contributed by atoms with Crippen LogP contribution in [-0.4, -0.2) is 167 Å². The maximum atomic E-state index is 15.6. The Labute approximate surface area is 855 Å². The van der Waals surface area contributed by atoms with Gasteiger partial charge in [0.1, 0.15) is 72.7 Å². The second-order valence-electron chi connectivity index (χ2n) is 35.1. The van der Waals surface area contributed by atoms with Crippen LogP contribution in [-0.2, 0) is 14.4 Å². The molecule has 9 aromatic heterocycles. The zero-order valence-electron chi connectivity index (χ0n) is 78.0. The van der Waals surface area contributed by atoms with Gasteiger partial charge in [0, 0.05) is 110 Å². The van der Waals surface area contributed by atoms with Crippen LogP contribution in [0.5, 0.6) is 17.2 Å². The highest BCUT2D eigenvalue weighted by Gasteiger charge is 2.42. The number of carbonyl (C=O) groups is 3. The number of phenolic OH excluding ortho intramolecular Hbond substituents is 3. The highest BCUT2D eigenvalue weighted by atomic mass is 35.5. The van der Waals surface area contributed by atoms with Crippen LogP contribution in [0, 0.1) is 83.9 Å². The molecule has 0 radical (unpaired) electrons. The molecule has 3 aliphatic heterocycles. The van der Waals surface area contributed by atoms with Crippen molar-refractivity contribution in [1.29, 1.82) is 15.8 Å². The van der Waals surface area contributed by atoms with Gasteiger partial charge in [-0.3, -0.25) is 57.4 Å². The number of carbonyl (C=O) groups excluding carboxylic acids is 3. The molecule has 0 spiro atoms. The second kappa shape index (κ2) is 41.7. The molecule has 42 heteroatoms. The predicted octanol–water partition coefficient (Wildman–Crippen LogP) is 22.4. The molecule has 6 atom stereocenters. The monoisotopic (exact) mass is 2120 g/mol. The van der Waals surface area contributed by atoms with E-state index in [1.807, 2.05) is 97.8 Å². The fourth-order valence-electron chi connectivity index (χ4n) is 18.7. The number of benzene rings is 3. The molecule has 0 unspecified atom stereocenters. The number of piperazine rings is 3. The van der Waals surface area contributed by atoms with E-state index in [9.17, 15) is 73.0 Å². The van der Waals surface area contributed by atoms with Crippen molar-refractivity contribution in [3.05, 3.63) is 254 Å². The number of amides is 3. The molecule has 3 amide bonds. The Morgan fingerprint density at radius 2 is 0.624 bits per heavy atom. The van der Waals surface area contributed by atoms with Crippen LogP contribution in [0.15, 0.2) is 107 Å². The summed E-state index contributed by atoms with van der Waals surface area (Å²) < 4.78 is 79.4. The van der Waals surface area contributed by atoms with E-state index in [0.29, 0.717) is 56.2 Å². The fourth-order valence-corrected chi connectivity index (χ4v) is 21.1. The first-order chi connectivity index (χ1) is 66.5. The number of aromatic nitrogens is 9. The Bertz CT molecular complexity index is 6870. The normalized spacial score (nSPS) is 16.6. The Morgan fingerprint density at radius 3 is 0.865 bits per heavy atom. The van der Waals surface area contributed by atoms with Gasteiger partial charge in [0.05, 0.1) is 120 Å². The molecule has 0 bridgehead atoms. The summed E-state index contributed by atoms with van der Waals surface area (Å²) >= 11 is 62.9. The van der Waals surface area contributed by atoms with Crippen molar-refractivity contribution in [3.63, 3.8) is 0 Å². The summed E-state index contributed by atoms with van der Waals surface area (Å²) in [6, 6.07) is 13.6. The van der Waals surface area contributed by atoms with Gasteiger partial charge in [-0.05, 0) is 151 Å². The molecule has 0 saturated carbocycles. The standard InChI is InChI=1S/C33H29Cl4FN6O3.2C33H29Cl3F2N6O3/c1-7-21(45)43-16(5)12-42(13-17(43)6)30-18-10-20(34)28(22-23(35)24(36)26(38)25(37)31(22)46)41-32(18)44(33(47)19(30)11-39)29-15(4)8-9-40-27(29)14(2)3;2*1-7-21(45)43-16(5)12-42(13-17(43)6)30-18-10-20(34)28(22-23(35)26(38)24(36)31(46)25(22)37)41-32(18)44(33(47)19(30)11-39)29-15(4)8-9-40-27(29)14(2)3/h3*7-10,14,16-17,46H,1,12-13H2,2-6H3/t3*16-,17+. The van der Waals surface area contributed by atoms with Crippen molar-refractivity contribution < 1.29 is 51.7 Å². The quantitative estimate of drug-likeness (QED) is 0.0371. The molecule has 27 nitrogen and oxygen atoms in total. The van der Waals surface area contributed by atoms with E-state index in [0.717, 1.165) is 0 Å². The minimum Gasteiger partial charge on any atom is -0.506 e.